The van der Waals surface area contributed by atoms with Gasteiger partial charge >= 0.3 is 0 Å². The molecule has 0 aliphatic carbocycles. The third-order valence-electron chi connectivity index (χ3n) is 5.46. The van der Waals surface area contributed by atoms with Crippen LogP contribution in [0.4, 0.5) is 23.1 Å². The first-order chi connectivity index (χ1) is 13.3. The number of hydrogen-bond donors (Lipinski definition) is 2. The van der Waals surface area contributed by atoms with Gasteiger partial charge in [0.05, 0.1) is 6.10 Å². The van der Waals surface area contributed by atoms with Crippen molar-refractivity contribution < 1.29 is 4.74 Å². The predicted molar refractivity (Wildman–Crippen MR) is 110 cm³/mol. The van der Waals surface area contributed by atoms with Gasteiger partial charge in [-0.15, -0.1) is 0 Å². The lowest BCUT2D eigenvalue weighted by atomic mass is 9.99. The summed E-state index contributed by atoms with van der Waals surface area (Å²) in [5.41, 5.74) is 2.34. The molecule has 2 aliphatic rings. The van der Waals surface area contributed by atoms with Gasteiger partial charge in [0, 0.05) is 43.8 Å². The van der Waals surface area contributed by atoms with E-state index < -0.39 is 0 Å². The minimum absolute atomic E-state index is 0.274. The van der Waals surface area contributed by atoms with Crippen molar-refractivity contribution >= 4 is 23.1 Å². The molecule has 2 fully saturated rings. The Labute approximate surface area is 161 Å². The minimum Gasteiger partial charge on any atom is -0.376 e. The highest BCUT2D eigenvalue weighted by Crippen LogP contribution is 2.25. The van der Waals surface area contributed by atoms with E-state index in [9.17, 15) is 0 Å². The Balaban J connectivity index is 1.33. The van der Waals surface area contributed by atoms with Crippen molar-refractivity contribution in [1.82, 2.24) is 9.97 Å². The van der Waals surface area contributed by atoms with E-state index in [4.69, 9.17) is 4.74 Å². The van der Waals surface area contributed by atoms with Crippen LogP contribution < -0.4 is 15.5 Å². The van der Waals surface area contributed by atoms with Crippen molar-refractivity contribution in [3.63, 3.8) is 0 Å². The molecular formula is C21H29N5O. The van der Waals surface area contributed by atoms with Crippen LogP contribution in [-0.4, -0.2) is 42.3 Å². The van der Waals surface area contributed by atoms with Crippen LogP contribution >= 0.6 is 0 Å². The molecule has 0 saturated carbocycles. The van der Waals surface area contributed by atoms with Gasteiger partial charge in [-0.25, -0.2) is 4.98 Å². The van der Waals surface area contributed by atoms with Gasteiger partial charge in [0.1, 0.15) is 5.82 Å². The Morgan fingerprint density at radius 3 is 2.67 bits per heavy atom. The Morgan fingerprint density at radius 2 is 1.93 bits per heavy atom. The van der Waals surface area contributed by atoms with Crippen LogP contribution in [0.15, 0.2) is 36.5 Å². The largest absolute Gasteiger partial charge is 0.376 e. The van der Waals surface area contributed by atoms with Crippen LogP contribution in [0.2, 0.25) is 0 Å². The molecule has 0 spiro atoms. The topological polar surface area (TPSA) is 62.3 Å². The van der Waals surface area contributed by atoms with E-state index in [1.54, 1.807) is 6.20 Å². The van der Waals surface area contributed by atoms with E-state index in [2.05, 4.69) is 56.7 Å². The summed E-state index contributed by atoms with van der Waals surface area (Å²) in [6.07, 6.45) is 6.85. The fourth-order valence-electron chi connectivity index (χ4n) is 3.69. The van der Waals surface area contributed by atoms with E-state index >= 15 is 0 Å². The molecule has 1 aromatic heterocycles. The van der Waals surface area contributed by atoms with Gasteiger partial charge < -0.3 is 20.3 Å². The molecule has 1 unspecified atom stereocenters. The van der Waals surface area contributed by atoms with E-state index in [0.29, 0.717) is 5.95 Å². The van der Waals surface area contributed by atoms with E-state index in [1.165, 1.54) is 18.5 Å². The van der Waals surface area contributed by atoms with Gasteiger partial charge in [0.25, 0.3) is 0 Å². The monoisotopic (exact) mass is 367 g/mol. The smallest absolute Gasteiger partial charge is 0.224 e. The zero-order valence-electron chi connectivity index (χ0n) is 16.0. The molecule has 1 atom stereocenters. The van der Waals surface area contributed by atoms with Crippen molar-refractivity contribution in [2.24, 2.45) is 5.92 Å². The molecule has 3 heterocycles. The quantitative estimate of drug-likeness (QED) is 0.803. The maximum absolute atomic E-state index is 5.63. The Kier molecular flexibility index (Phi) is 5.72. The van der Waals surface area contributed by atoms with Crippen molar-refractivity contribution in [3.05, 3.63) is 36.5 Å². The number of rotatable bonds is 6. The summed E-state index contributed by atoms with van der Waals surface area (Å²) in [5, 5.41) is 6.64. The molecule has 2 aliphatic heterocycles. The molecule has 4 rings (SSSR count). The molecule has 0 amide bonds. The summed E-state index contributed by atoms with van der Waals surface area (Å²) in [6.45, 7) is 6.27. The number of aromatic nitrogens is 2. The molecule has 144 valence electrons. The number of ether oxygens (including phenoxy) is 1. The van der Waals surface area contributed by atoms with Gasteiger partial charge in [-0.3, -0.25) is 0 Å². The normalized spacial score (nSPS) is 20.6. The molecular weight excluding hydrogens is 338 g/mol. The van der Waals surface area contributed by atoms with E-state index in [0.717, 1.165) is 56.5 Å². The summed E-state index contributed by atoms with van der Waals surface area (Å²) in [5.74, 6) is 2.27. The molecule has 2 saturated heterocycles. The van der Waals surface area contributed by atoms with Crippen molar-refractivity contribution in [3.8, 4) is 0 Å². The molecule has 6 heteroatoms. The van der Waals surface area contributed by atoms with Gasteiger partial charge in [-0.05, 0) is 61.9 Å². The molecule has 1 aromatic carbocycles. The lowest BCUT2D eigenvalue weighted by molar-refractivity contribution is 0.120. The van der Waals surface area contributed by atoms with Gasteiger partial charge in [-0.1, -0.05) is 6.92 Å². The Bertz CT molecular complexity index is 722. The van der Waals surface area contributed by atoms with Crippen molar-refractivity contribution in [2.45, 2.75) is 38.7 Å². The summed E-state index contributed by atoms with van der Waals surface area (Å²) in [7, 11) is 0. The van der Waals surface area contributed by atoms with Gasteiger partial charge in [0.2, 0.25) is 5.95 Å². The third kappa shape index (κ3) is 4.89. The predicted octanol–water partition coefficient (Wildman–Crippen LogP) is 4.05. The molecule has 2 aromatic rings. The van der Waals surface area contributed by atoms with Gasteiger partial charge in [0.15, 0.2) is 0 Å². The van der Waals surface area contributed by atoms with Crippen LogP contribution in [-0.2, 0) is 4.74 Å². The molecule has 2 N–H and O–H groups in total. The van der Waals surface area contributed by atoms with Crippen LogP contribution in [0.3, 0.4) is 0 Å². The number of hydrogen-bond acceptors (Lipinski definition) is 6. The third-order valence-corrected chi connectivity index (χ3v) is 5.46. The van der Waals surface area contributed by atoms with Crippen molar-refractivity contribution in [2.75, 3.05) is 41.8 Å². The van der Waals surface area contributed by atoms with Crippen LogP contribution in [0, 0.1) is 5.92 Å². The number of benzene rings is 1. The van der Waals surface area contributed by atoms with E-state index in [-0.39, 0.29) is 6.10 Å². The van der Waals surface area contributed by atoms with Gasteiger partial charge in [-0.2, -0.15) is 4.98 Å². The SMILES string of the molecule is CC1CCN(c2ccc(Nc3ccnc(NCC4CCCO4)n3)cc2)CC1. The first-order valence-corrected chi connectivity index (χ1v) is 10.1. The van der Waals surface area contributed by atoms with Crippen LogP contribution in [0.1, 0.15) is 32.6 Å². The Morgan fingerprint density at radius 1 is 1.11 bits per heavy atom. The van der Waals surface area contributed by atoms with Crippen LogP contribution in [0.25, 0.3) is 0 Å². The fourth-order valence-corrected chi connectivity index (χ4v) is 3.69. The highest BCUT2D eigenvalue weighted by atomic mass is 16.5. The molecule has 6 nitrogen and oxygen atoms in total. The number of anilines is 4. The first kappa shape index (κ1) is 18.0. The van der Waals surface area contributed by atoms with Crippen LogP contribution in [0.5, 0.6) is 0 Å². The standard InChI is InChI=1S/C21H29N5O/c1-16-9-12-26(13-10-16)18-6-4-17(5-7-18)24-20-8-11-22-21(25-20)23-15-19-3-2-14-27-19/h4-8,11,16,19H,2-3,9-10,12-15H2,1H3,(H2,22,23,24,25). The minimum atomic E-state index is 0.274. The average Bonchev–Trinajstić information content (AvgIpc) is 3.22. The van der Waals surface area contributed by atoms with Crippen molar-refractivity contribution in [1.29, 1.82) is 0 Å². The maximum atomic E-state index is 5.63. The number of piperidine rings is 1. The second-order valence-electron chi connectivity index (χ2n) is 7.62. The Hall–Kier alpha value is -2.34. The molecule has 0 bridgehead atoms. The maximum Gasteiger partial charge on any atom is 0.224 e. The summed E-state index contributed by atoms with van der Waals surface area (Å²) in [4.78, 5) is 11.3. The summed E-state index contributed by atoms with van der Waals surface area (Å²) < 4.78 is 5.63. The average molecular weight is 367 g/mol. The molecule has 0 radical (unpaired) electrons. The number of nitrogens with one attached hydrogen (secondary N) is 2. The second-order valence-corrected chi connectivity index (χ2v) is 7.62. The highest BCUT2D eigenvalue weighted by Gasteiger charge is 2.16. The highest BCUT2D eigenvalue weighted by molar-refractivity contribution is 5.61. The zero-order valence-corrected chi connectivity index (χ0v) is 16.0. The summed E-state index contributed by atoms with van der Waals surface area (Å²) >= 11 is 0. The lowest BCUT2D eigenvalue weighted by Crippen LogP contribution is -2.32. The summed E-state index contributed by atoms with van der Waals surface area (Å²) in [6, 6.07) is 10.5. The first-order valence-electron chi connectivity index (χ1n) is 10.1. The van der Waals surface area contributed by atoms with E-state index in [1.807, 2.05) is 6.07 Å². The zero-order chi connectivity index (χ0) is 18.5. The second kappa shape index (κ2) is 8.57. The number of nitrogens with zero attached hydrogens (tertiary/aromatic N) is 3. The molecule has 27 heavy (non-hydrogen) atoms. The fraction of sp³-hybridized carbons (Fsp3) is 0.524. The lowest BCUT2D eigenvalue weighted by Gasteiger charge is -2.32.